The number of amides is 1. The Kier molecular flexibility index (Phi) is 2.75. The van der Waals surface area contributed by atoms with Gasteiger partial charge in [0.05, 0.1) is 6.61 Å². The van der Waals surface area contributed by atoms with Crippen molar-refractivity contribution in [3.63, 3.8) is 0 Å². The van der Waals surface area contributed by atoms with Crippen molar-refractivity contribution in [2.45, 2.75) is 12.5 Å². The van der Waals surface area contributed by atoms with Gasteiger partial charge in [-0.15, -0.1) is 0 Å². The second kappa shape index (κ2) is 4.08. The van der Waals surface area contributed by atoms with Gasteiger partial charge >= 0.3 is 5.97 Å². The normalized spacial score (nSPS) is 26.5. The quantitative estimate of drug-likeness (QED) is 0.758. The fourth-order valence-corrected chi connectivity index (χ4v) is 2.22. The molecule has 2 atom stereocenters. The second-order valence-electron chi connectivity index (χ2n) is 4.08. The lowest BCUT2D eigenvalue weighted by molar-refractivity contribution is -0.151. The van der Waals surface area contributed by atoms with Crippen molar-refractivity contribution < 1.29 is 19.4 Å². The molecule has 2 rings (SSSR count). The minimum atomic E-state index is -1.41. The molecule has 1 heterocycles. The van der Waals surface area contributed by atoms with E-state index in [1.54, 1.807) is 31.2 Å². The summed E-state index contributed by atoms with van der Waals surface area (Å²) in [4.78, 5) is 22.3. The minimum absolute atomic E-state index is 0.254. The highest BCUT2D eigenvalue weighted by Crippen LogP contribution is 2.40. The third-order valence-corrected chi connectivity index (χ3v) is 3.16. The van der Waals surface area contributed by atoms with Gasteiger partial charge in [-0.2, -0.15) is 0 Å². The molecule has 0 fully saturated rings. The fourth-order valence-electron chi connectivity index (χ4n) is 2.22. The molecule has 1 aliphatic heterocycles. The molecular weight excluding hydrogens is 222 g/mol. The van der Waals surface area contributed by atoms with Crippen molar-refractivity contribution in [1.82, 2.24) is 5.32 Å². The third-order valence-electron chi connectivity index (χ3n) is 3.16. The minimum Gasteiger partial charge on any atom is -0.493 e. The van der Waals surface area contributed by atoms with Gasteiger partial charge < -0.3 is 15.2 Å². The number of carbonyl (C=O) groups is 2. The van der Waals surface area contributed by atoms with Crippen LogP contribution in [0.1, 0.15) is 12.5 Å². The Morgan fingerprint density at radius 3 is 2.94 bits per heavy atom. The molecule has 5 heteroatoms. The molecule has 2 N–H and O–H groups in total. The zero-order valence-corrected chi connectivity index (χ0v) is 9.34. The number of para-hydroxylation sites is 1. The maximum absolute atomic E-state index is 11.6. The number of fused-ring (bicyclic) bond motifs is 1. The maximum Gasteiger partial charge on any atom is 0.334 e. The molecule has 0 saturated carbocycles. The molecule has 1 aromatic rings. The lowest BCUT2D eigenvalue weighted by Gasteiger charge is -2.39. The Morgan fingerprint density at radius 2 is 2.29 bits per heavy atom. The van der Waals surface area contributed by atoms with E-state index in [-0.39, 0.29) is 12.5 Å². The lowest BCUT2D eigenvalue weighted by Crippen LogP contribution is -2.56. The summed E-state index contributed by atoms with van der Waals surface area (Å²) in [6.45, 7) is 1.99. The molecule has 1 amide bonds. The summed E-state index contributed by atoms with van der Waals surface area (Å²) in [6, 6.07) is 6.85. The lowest BCUT2D eigenvalue weighted by atomic mass is 9.77. The van der Waals surface area contributed by atoms with Crippen LogP contribution in [0.15, 0.2) is 24.3 Å². The molecule has 0 aliphatic carbocycles. The summed E-state index contributed by atoms with van der Waals surface area (Å²) in [5, 5.41) is 11.9. The molecule has 0 radical (unpaired) electrons. The van der Waals surface area contributed by atoms with Crippen LogP contribution >= 0.6 is 0 Å². The van der Waals surface area contributed by atoms with Crippen molar-refractivity contribution in [3.05, 3.63) is 29.8 Å². The summed E-state index contributed by atoms with van der Waals surface area (Å²) >= 11 is 0. The van der Waals surface area contributed by atoms with Gasteiger partial charge in [-0.1, -0.05) is 25.1 Å². The van der Waals surface area contributed by atoms with E-state index in [4.69, 9.17) is 4.74 Å². The Balaban J connectivity index is 2.63. The Bertz CT molecular complexity index is 460. The van der Waals surface area contributed by atoms with Crippen molar-refractivity contribution >= 4 is 12.4 Å². The van der Waals surface area contributed by atoms with Crippen LogP contribution in [-0.2, 0) is 15.1 Å². The van der Waals surface area contributed by atoms with E-state index in [1.165, 1.54) is 0 Å². The predicted octanol–water partition coefficient (Wildman–Crippen LogP) is 0.741. The van der Waals surface area contributed by atoms with Crippen LogP contribution < -0.4 is 10.1 Å². The fraction of sp³-hybridized carbons (Fsp3) is 0.333. The molecule has 2 unspecified atom stereocenters. The molecule has 1 aromatic carbocycles. The van der Waals surface area contributed by atoms with E-state index >= 15 is 0 Å². The standard InChI is InChI=1S/C12H13NO4/c1-8-6-17-10-5-3-2-4-9(10)12(8,11(15)16)13-7-14/h2-5,7-8H,6H2,1H3,(H,13,14)(H,15,16). The Morgan fingerprint density at radius 1 is 1.59 bits per heavy atom. The van der Waals surface area contributed by atoms with E-state index in [0.29, 0.717) is 17.7 Å². The molecule has 1 aliphatic rings. The molecule has 5 nitrogen and oxygen atoms in total. The number of carboxylic acid groups (broad SMARTS) is 1. The first-order valence-electron chi connectivity index (χ1n) is 5.30. The molecule has 0 bridgehead atoms. The first kappa shape index (κ1) is 11.4. The second-order valence-corrected chi connectivity index (χ2v) is 4.08. The van der Waals surface area contributed by atoms with Gasteiger partial charge in [-0.05, 0) is 6.07 Å². The smallest absolute Gasteiger partial charge is 0.334 e. The summed E-state index contributed by atoms with van der Waals surface area (Å²) in [6.07, 6.45) is 0.423. The van der Waals surface area contributed by atoms with Crippen molar-refractivity contribution in [1.29, 1.82) is 0 Å². The Hall–Kier alpha value is -2.04. The van der Waals surface area contributed by atoms with Crippen LogP contribution in [-0.4, -0.2) is 24.1 Å². The highest BCUT2D eigenvalue weighted by atomic mass is 16.5. The van der Waals surface area contributed by atoms with Gasteiger partial charge in [0.25, 0.3) is 0 Å². The highest BCUT2D eigenvalue weighted by molar-refractivity contribution is 5.85. The van der Waals surface area contributed by atoms with Gasteiger partial charge in [0.1, 0.15) is 5.75 Å². The summed E-state index contributed by atoms with van der Waals surface area (Å²) < 4.78 is 5.47. The number of hydrogen-bond acceptors (Lipinski definition) is 3. The molecule has 0 spiro atoms. The molecule has 0 aromatic heterocycles. The SMILES string of the molecule is CC1COc2ccccc2C1(NC=O)C(=O)O. The van der Waals surface area contributed by atoms with Crippen LogP contribution in [0.25, 0.3) is 0 Å². The monoisotopic (exact) mass is 235 g/mol. The predicted molar refractivity (Wildman–Crippen MR) is 59.6 cm³/mol. The van der Waals surface area contributed by atoms with Crippen molar-refractivity contribution in [2.75, 3.05) is 6.61 Å². The molecule has 17 heavy (non-hydrogen) atoms. The largest absolute Gasteiger partial charge is 0.493 e. The van der Waals surface area contributed by atoms with Crippen LogP contribution in [0.5, 0.6) is 5.75 Å². The zero-order chi connectivity index (χ0) is 12.5. The number of ether oxygens (including phenoxy) is 1. The van der Waals surface area contributed by atoms with Gasteiger partial charge in [0.15, 0.2) is 5.54 Å². The summed E-state index contributed by atoms with van der Waals surface area (Å²) in [5.74, 6) is -0.921. The summed E-state index contributed by atoms with van der Waals surface area (Å²) in [7, 11) is 0. The third kappa shape index (κ3) is 1.54. The maximum atomic E-state index is 11.6. The average Bonchev–Trinajstić information content (AvgIpc) is 2.32. The van der Waals surface area contributed by atoms with Gasteiger partial charge in [-0.25, -0.2) is 4.79 Å². The van der Waals surface area contributed by atoms with Gasteiger partial charge in [0, 0.05) is 11.5 Å². The van der Waals surface area contributed by atoms with Gasteiger partial charge in [0.2, 0.25) is 6.41 Å². The van der Waals surface area contributed by atoms with Crippen LogP contribution in [0.3, 0.4) is 0 Å². The van der Waals surface area contributed by atoms with Crippen LogP contribution in [0.4, 0.5) is 0 Å². The number of nitrogens with one attached hydrogen (secondary N) is 1. The average molecular weight is 235 g/mol. The first-order valence-corrected chi connectivity index (χ1v) is 5.30. The molecule has 90 valence electrons. The topological polar surface area (TPSA) is 75.6 Å². The first-order chi connectivity index (χ1) is 8.13. The van der Waals surface area contributed by atoms with E-state index < -0.39 is 11.5 Å². The molecular formula is C12H13NO4. The number of aliphatic carboxylic acids is 1. The van der Waals surface area contributed by atoms with Crippen molar-refractivity contribution in [2.24, 2.45) is 5.92 Å². The molecule has 0 saturated heterocycles. The van der Waals surface area contributed by atoms with E-state index in [1.807, 2.05) is 0 Å². The van der Waals surface area contributed by atoms with Crippen molar-refractivity contribution in [3.8, 4) is 5.75 Å². The van der Waals surface area contributed by atoms with E-state index in [0.717, 1.165) is 0 Å². The van der Waals surface area contributed by atoms with Crippen LogP contribution in [0.2, 0.25) is 0 Å². The Labute approximate surface area is 98.4 Å². The number of hydrogen-bond donors (Lipinski definition) is 2. The van der Waals surface area contributed by atoms with E-state index in [2.05, 4.69) is 5.32 Å². The van der Waals surface area contributed by atoms with E-state index in [9.17, 15) is 14.7 Å². The number of rotatable bonds is 3. The number of carbonyl (C=O) groups excluding carboxylic acids is 1. The number of benzene rings is 1. The van der Waals surface area contributed by atoms with Gasteiger partial charge in [-0.3, -0.25) is 4.79 Å². The van der Waals surface area contributed by atoms with Crippen LogP contribution in [0, 0.1) is 5.92 Å². The zero-order valence-electron chi connectivity index (χ0n) is 9.34. The summed E-state index contributed by atoms with van der Waals surface area (Å²) in [5.41, 5.74) is -0.922. The highest BCUT2D eigenvalue weighted by Gasteiger charge is 2.49. The number of carboxylic acids is 1.